The second-order valence-corrected chi connectivity index (χ2v) is 7.15. The van der Waals surface area contributed by atoms with Crippen LogP contribution in [-0.4, -0.2) is 19.2 Å². The molecule has 2 unspecified atom stereocenters. The monoisotopic (exact) mass is 287 g/mol. The third-order valence-electron chi connectivity index (χ3n) is 5.64. The zero-order chi connectivity index (χ0) is 14.9. The van der Waals surface area contributed by atoms with E-state index >= 15 is 0 Å². The van der Waals surface area contributed by atoms with Gasteiger partial charge in [0.2, 0.25) is 0 Å². The first-order valence-electron chi connectivity index (χ1n) is 8.56. The molecule has 2 nitrogen and oxygen atoms in total. The van der Waals surface area contributed by atoms with Gasteiger partial charge in [0.1, 0.15) is 11.9 Å². The Labute approximate surface area is 129 Å². The molecule has 0 radical (unpaired) electrons. The fourth-order valence-electron chi connectivity index (χ4n) is 4.54. The van der Waals surface area contributed by atoms with Gasteiger partial charge < -0.3 is 10.1 Å². The molecule has 0 heterocycles. The van der Waals surface area contributed by atoms with E-state index < -0.39 is 0 Å². The maximum absolute atomic E-state index is 6.45. The van der Waals surface area contributed by atoms with Crippen LogP contribution < -0.4 is 10.1 Å². The van der Waals surface area contributed by atoms with Gasteiger partial charge in [-0.25, -0.2) is 0 Å². The van der Waals surface area contributed by atoms with Crippen molar-refractivity contribution < 1.29 is 4.74 Å². The van der Waals surface area contributed by atoms with Crippen LogP contribution in [0.1, 0.15) is 56.1 Å². The van der Waals surface area contributed by atoms with E-state index in [-0.39, 0.29) is 0 Å². The van der Waals surface area contributed by atoms with E-state index in [1.165, 1.54) is 49.7 Å². The van der Waals surface area contributed by atoms with Crippen molar-refractivity contribution in [2.24, 2.45) is 5.41 Å². The summed E-state index contributed by atoms with van der Waals surface area (Å²) >= 11 is 0. The number of benzene rings is 1. The molecule has 116 valence electrons. The fourth-order valence-corrected chi connectivity index (χ4v) is 4.54. The highest BCUT2D eigenvalue weighted by atomic mass is 16.5. The summed E-state index contributed by atoms with van der Waals surface area (Å²) in [4.78, 5) is 0. The highest BCUT2D eigenvalue weighted by Gasteiger charge is 2.55. The number of hydrogen-bond donors (Lipinski definition) is 1. The molecule has 2 aliphatic rings. The molecule has 1 aromatic carbocycles. The van der Waals surface area contributed by atoms with Crippen molar-refractivity contribution >= 4 is 0 Å². The van der Waals surface area contributed by atoms with Crippen LogP contribution in [0.15, 0.2) is 18.2 Å². The first-order chi connectivity index (χ1) is 10.1. The van der Waals surface area contributed by atoms with Crippen LogP contribution in [0.5, 0.6) is 5.75 Å². The van der Waals surface area contributed by atoms with E-state index in [1.54, 1.807) is 0 Å². The molecule has 0 aliphatic heterocycles. The maximum Gasteiger partial charge on any atom is 0.120 e. The Hall–Kier alpha value is -1.02. The molecule has 1 N–H and O–H groups in total. The zero-order valence-electron chi connectivity index (χ0n) is 13.7. The van der Waals surface area contributed by atoms with Gasteiger partial charge >= 0.3 is 0 Å². The first-order valence-corrected chi connectivity index (χ1v) is 8.56. The third-order valence-corrected chi connectivity index (χ3v) is 5.64. The van der Waals surface area contributed by atoms with E-state index in [2.05, 4.69) is 44.4 Å². The Balaban J connectivity index is 1.78. The lowest BCUT2D eigenvalue weighted by Gasteiger charge is -2.55. The molecular weight excluding hydrogens is 258 g/mol. The second kappa shape index (κ2) is 6.00. The molecule has 2 aliphatic carbocycles. The Bertz CT molecular complexity index is 468. The van der Waals surface area contributed by atoms with E-state index in [1.807, 2.05) is 0 Å². The average molecular weight is 287 g/mol. The summed E-state index contributed by atoms with van der Waals surface area (Å²) in [6.07, 6.45) is 9.73. The average Bonchev–Trinajstić information content (AvgIpc) is 2.69. The number of aryl methyl sites for hydroxylation is 2. The minimum Gasteiger partial charge on any atom is -0.490 e. The Morgan fingerprint density at radius 3 is 2.19 bits per heavy atom. The molecular formula is C19H29NO. The van der Waals surface area contributed by atoms with Crippen molar-refractivity contribution in [3.05, 3.63) is 29.3 Å². The molecule has 1 aromatic rings. The minimum absolute atomic E-state index is 0.378. The molecule has 21 heavy (non-hydrogen) atoms. The van der Waals surface area contributed by atoms with Gasteiger partial charge in [0.15, 0.2) is 0 Å². The Morgan fingerprint density at radius 1 is 1.00 bits per heavy atom. The van der Waals surface area contributed by atoms with E-state index in [9.17, 15) is 0 Å². The van der Waals surface area contributed by atoms with Crippen LogP contribution in [-0.2, 0) is 0 Å². The predicted molar refractivity (Wildman–Crippen MR) is 87.9 cm³/mol. The van der Waals surface area contributed by atoms with Crippen molar-refractivity contribution in [3.8, 4) is 5.75 Å². The third kappa shape index (κ3) is 2.83. The summed E-state index contributed by atoms with van der Waals surface area (Å²) in [6, 6.07) is 7.23. The largest absolute Gasteiger partial charge is 0.490 e. The molecule has 3 rings (SSSR count). The zero-order valence-corrected chi connectivity index (χ0v) is 13.7. The lowest BCUT2D eigenvalue weighted by Crippen LogP contribution is -2.64. The first kappa shape index (κ1) is 14.9. The lowest BCUT2D eigenvalue weighted by molar-refractivity contribution is -0.0882. The van der Waals surface area contributed by atoms with Crippen LogP contribution in [0.25, 0.3) is 0 Å². The standard InChI is InChI=1S/C19H29NO/c1-14-10-15(2)12-16(11-14)21-18-13-17(20-3)19(18)8-6-4-5-7-9-19/h10-12,17-18,20H,4-9,13H2,1-3H3. The lowest BCUT2D eigenvalue weighted by atomic mass is 9.58. The molecule has 2 heteroatoms. The van der Waals surface area contributed by atoms with Crippen LogP contribution in [0.4, 0.5) is 0 Å². The van der Waals surface area contributed by atoms with E-state index in [0.717, 1.165) is 12.2 Å². The normalized spacial score (nSPS) is 28.0. The molecule has 0 amide bonds. The molecule has 0 bridgehead atoms. The van der Waals surface area contributed by atoms with Gasteiger partial charge in [0.25, 0.3) is 0 Å². The summed E-state index contributed by atoms with van der Waals surface area (Å²) in [5, 5.41) is 3.55. The van der Waals surface area contributed by atoms with Crippen LogP contribution >= 0.6 is 0 Å². The van der Waals surface area contributed by atoms with E-state index in [4.69, 9.17) is 4.74 Å². The van der Waals surface area contributed by atoms with Gasteiger partial charge in [-0.05, 0) is 57.0 Å². The summed E-state index contributed by atoms with van der Waals surface area (Å²) in [6.45, 7) is 4.30. The highest BCUT2D eigenvalue weighted by molar-refractivity contribution is 5.33. The van der Waals surface area contributed by atoms with Gasteiger partial charge in [0.05, 0.1) is 0 Å². The van der Waals surface area contributed by atoms with Crippen molar-refractivity contribution in [1.82, 2.24) is 5.32 Å². The molecule has 1 spiro atoms. The van der Waals surface area contributed by atoms with Crippen LogP contribution in [0, 0.1) is 19.3 Å². The van der Waals surface area contributed by atoms with Gasteiger partial charge in [-0.2, -0.15) is 0 Å². The minimum atomic E-state index is 0.378. The van der Waals surface area contributed by atoms with E-state index in [0.29, 0.717) is 17.6 Å². The highest BCUT2D eigenvalue weighted by Crippen LogP contribution is 2.52. The Kier molecular flexibility index (Phi) is 4.26. The molecule has 0 aromatic heterocycles. The number of nitrogens with one attached hydrogen (secondary N) is 1. The topological polar surface area (TPSA) is 21.3 Å². The number of hydrogen-bond acceptors (Lipinski definition) is 2. The molecule has 2 saturated carbocycles. The second-order valence-electron chi connectivity index (χ2n) is 7.15. The van der Waals surface area contributed by atoms with Crippen molar-refractivity contribution in [2.75, 3.05) is 7.05 Å². The fraction of sp³-hybridized carbons (Fsp3) is 0.684. The number of rotatable bonds is 3. The molecule has 2 fully saturated rings. The summed E-state index contributed by atoms with van der Waals surface area (Å²) in [7, 11) is 2.12. The van der Waals surface area contributed by atoms with Gasteiger partial charge in [-0.1, -0.05) is 31.7 Å². The van der Waals surface area contributed by atoms with Crippen molar-refractivity contribution in [1.29, 1.82) is 0 Å². The van der Waals surface area contributed by atoms with Gasteiger partial charge in [-0.15, -0.1) is 0 Å². The molecule has 2 atom stereocenters. The SMILES string of the molecule is CNC1CC(Oc2cc(C)cc(C)c2)C12CCCCCC2. The van der Waals surface area contributed by atoms with Gasteiger partial charge in [0, 0.05) is 17.9 Å². The summed E-state index contributed by atoms with van der Waals surface area (Å²) in [5.74, 6) is 1.07. The quantitative estimate of drug-likeness (QED) is 0.890. The molecule has 0 saturated heterocycles. The van der Waals surface area contributed by atoms with Gasteiger partial charge in [-0.3, -0.25) is 0 Å². The van der Waals surface area contributed by atoms with Crippen LogP contribution in [0.2, 0.25) is 0 Å². The van der Waals surface area contributed by atoms with Crippen molar-refractivity contribution in [2.45, 2.75) is 70.9 Å². The summed E-state index contributed by atoms with van der Waals surface area (Å²) < 4.78 is 6.45. The van der Waals surface area contributed by atoms with Crippen LogP contribution in [0.3, 0.4) is 0 Å². The Morgan fingerprint density at radius 2 is 1.62 bits per heavy atom. The summed E-state index contributed by atoms with van der Waals surface area (Å²) in [5.41, 5.74) is 2.97. The smallest absolute Gasteiger partial charge is 0.120 e. The maximum atomic E-state index is 6.45. The number of ether oxygens (including phenoxy) is 1. The predicted octanol–water partition coefficient (Wildman–Crippen LogP) is 4.38. The van der Waals surface area contributed by atoms with Crippen molar-refractivity contribution in [3.63, 3.8) is 0 Å².